The fraction of sp³-hybridized carbons (Fsp3) is 0.191. The number of rotatable bonds is 18. The molecule has 0 saturated carbocycles. The quantitative estimate of drug-likeness (QED) is 0.0379. The second-order valence-corrected chi connectivity index (χ2v) is 15.6. The molecule has 1 aliphatic heterocycles. The summed E-state index contributed by atoms with van der Waals surface area (Å²) < 4.78 is 34.2. The van der Waals surface area contributed by atoms with E-state index < -0.39 is 35.4 Å². The first-order chi connectivity index (χ1) is 27.7. The first-order valence-electron chi connectivity index (χ1n) is 18.6. The molecule has 284 valence electrons. The summed E-state index contributed by atoms with van der Waals surface area (Å²) >= 11 is -0.262. The monoisotopic (exact) mass is 812 g/mol. The summed E-state index contributed by atoms with van der Waals surface area (Å²) in [5.74, 6) is -0.611. The standard InChI is InChI=1S/C47H44N2O6Se/c50-43(31-48-49(39-25-13-4-14-26-39)40-27-15-5-16-28-40)54-46-45(53-34-38-23-11-3-12-24-38)44(55-47(46)56-41-29-17-6-18-30-41)42(52-33-37-21-9-2-10-22-37)35-51-32-36-19-7-1-8-20-36/h1-31,42,44-47H,32-35H2/b48-31+/t42-,44+,45-,46+,47-/m0/s1. The van der Waals surface area contributed by atoms with Crippen LogP contribution in [-0.2, 0) is 48.3 Å². The fourth-order valence-electron chi connectivity index (χ4n) is 6.33. The van der Waals surface area contributed by atoms with Gasteiger partial charge in [0.2, 0.25) is 0 Å². The number of nitrogens with zero attached hydrogens (tertiary/aromatic N) is 2. The van der Waals surface area contributed by atoms with Crippen LogP contribution in [0.15, 0.2) is 187 Å². The molecule has 6 aromatic rings. The van der Waals surface area contributed by atoms with Crippen molar-refractivity contribution < 1.29 is 28.5 Å². The number of hydrogen-bond donors (Lipinski definition) is 0. The Morgan fingerprint density at radius 2 is 1.11 bits per heavy atom. The first-order valence-corrected chi connectivity index (χ1v) is 20.5. The predicted octanol–water partition coefficient (Wildman–Crippen LogP) is 7.86. The molecule has 0 amide bonds. The van der Waals surface area contributed by atoms with Crippen LogP contribution in [0.3, 0.4) is 0 Å². The van der Waals surface area contributed by atoms with E-state index in [0.29, 0.717) is 13.2 Å². The maximum atomic E-state index is 13.9. The number of esters is 1. The van der Waals surface area contributed by atoms with Gasteiger partial charge in [-0.2, -0.15) is 0 Å². The van der Waals surface area contributed by atoms with E-state index in [1.807, 2.05) is 170 Å². The molecule has 9 heteroatoms. The van der Waals surface area contributed by atoms with Crippen LogP contribution in [0.1, 0.15) is 16.7 Å². The number of carbonyl (C=O) groups is 1. The molecule has 8 nitrogen and oxygen atoms in total. The summed E-state index contributed by atoms with van der Waals surface area (Å²) in [6, 6.07) is 59.5. The maximum absolute atomic E-state index is 13.9. The summed E-state index contributed by atoms with van der Waals surface area (Å²) in [4.78, 5) is 13.9. The average Bonchev–Trinajstić information content (AvgIpc) is 3.58. The van der Waals surface area contributed by atoms with Crippen molar-refractivity contribution in [1.29, 1.82) is 0 Å². The molecule has 0 unspecified atom stereocenters. The van der Waals surface area contributed by atoms with Gasteiger partial charge in [-0.1, -0.05) is 0 Å². The minimum absolute atomic E-state index is 0.230. The van der Waals surface area contributed by atoms with E-state index >= 15 is 0 Å². The third-order valence-electron chi connectivity index (χ3n) is 9.09. The van der Waals surface area contributed by atoms with Crippen LogP contribution in [0.5, 0.6) is 0 Å². The molecule has 56 heavy (non-hydrogen) atoms. The number of benzene rings is 6. The van der Waals surface area contributed by atoms with Crippen molar-refractivity contribution in [3.8, 4) is 0 Å². The Balaban J connectivity index is 1.19. The molecule has 0 bridgehead atoms. The van der Waals surface area contributed by atoms with Crippen molar-refractivity contribution in [3.63, 3.8) is 0 Å². The molecular weight excluding hydrogens is 767 g/mol. The second kappa shape index (κ2) is 20.5. The van der Waals surface area contributed by atoms with Crippen molar-refractivity contribution in [2.45, 2.75) is 49.2 Å². The number of hydrazone groups is 1. The van der Waals surface area contributed by atoms with Gasteiger partial charge in [-0.3, -0.25) is 0 Å². The Kier molecular flexibility index (Phi) is 14.2. The fourth-order valence-corrected chi connectivity index (χ4v) is 8.66. The van der Waals surface area contributed by atoms with Gasteiger partial charge >= 0.3 is 336 Å². The van der Waals surface area contributed by atoms with E-state index in [9.17, 15) is 4.79 Å². The molecule has 6 aromatic carbocycles. The van der Waals surface area contributed by atoms with Gasteiger partial charge in [-0.25, -0.2) is 0 Å². The van der Waals surface area contributed by atoms with E-state index in [1.54, 1.807) is 5.01 Å². The van der Waals surface area contributed by atoms with Gasteiger partial charge in [0.05, 0.1) is 0 Å². The van der Waals surface area contributed by atoms with Gasteiger partial charge in [0, 0.05) is 0 Å². The van der Waals surface area contributed by atoms with Crippen molar-refractivity contribution in [3.05, 3.63) is 199 Å². The Labute approximate surface area is 334 Å². The molecule has 1 fully saturated rings. The molecule has 1 saturated heterocycles. The molecule has 0 N–H and O–H groups in total. The van der Waals surface area contributed by atoms with Gasteiger partial charge in [0.25, 0.3) is 0 Å². The van der Waals surface area contributed by atoms with Crippen LogP contribution in [0, 0.1) is 0 Å². The average molecular weight is 812 g/mol. The third-order valence-corrected chi connectivity index (χ3v) is 11.5. The first kappa shape index (κ1) is 38.9. The summed E-state index contributed by atoms with van der Waals surface area (Å²) in [5.41, 5.74) is 4.66. The number of anilines is 2. The summed E-state index contributed by atoms with van der Waals surface area (Å²) in [5, 5.41) is 5.85. The van der Waals surface area contributed by atoms with E-state index in [2.05, 4.69) is 17.2 Å². The molecule has 5 atom stereocenters. The van der Waals surface area contributed by atoms with Crippen molar-refractivity contribution in [2.24, 2.45) is 5.10 Å². The summed E-state index contributed by atoms with van der Waals surface area (Å²) in [6.45, 7) is 1.25. The van der Waals surface area contributed by atoms with Gasteiger partial charge in [-0.05, 0) is 0 Å². The Morgan fingerprint density at radius 1 is 0.625 bits per heavy atom. The number of para-hydroxylation sites is 2. The predicted molar refractivity (Wildman–Crippen MR) is 220 cm³/mol. The number of hydrogen-bond acceptors (Lipinski definition) is 8. The van der Waals surface area contributed by atoms with E-state index in [0.717, 1.165) is 32.5 Å². The van der Waals surface area contributed by atoms with Crippen LogP contribution in [0.4, 0.5) is 11.4 Å². The van der Waals surface area contributed by atoms with E-state index in [-0.39, 0.29) is 28.2 Å². The van der Waals surface area contributed by atoms with Crippen LogP contribution in [-0.4, -0.2) is 63.2 Å². The Hall–Kier alpha value is -5.38. The van der Waals surface area contributed by atoms with Gasteiger partial charge in [0.15, 0.2) is 0 Å². The van der Waals surface area contributed by atoms with Gasteiger partial charge in [-0.15, -0.1) is 0 Å². The summed E-state index contributed by atoms with van der Waals surface area (Å²) in [6.07, 6.45) is -1.43. The van der Waals surface area contributed by atoms with Gasteiger partial charge < -0.3 is 0 Å². The zero-order valence-corrected chi connectivity index (χ0v) is 32.6. The van der Waals surface area contributed by atoms with Crippen LogP contribution in [0.2, 0.25) is 0 Å². The SMILES string of the molecule is O=C(/C=N/N(c1ccccc1)c1ccccc1)O[C@@H]1[C@@H](OCc2ccccc2)[C@@H]([C@H](COCc2ccccc2)OCc2ccccc2)O[C@H]1[Se]c1ccccc1. The van der Waals surface area contributed by atoms with Crippen LogP contribution < -0.4 is 9.47 Å². The van der Waals surface area contributed by atoms with Crippen LogP contribution in [0.25, 0.3) is 0 Å². The summed E-state index contributed by atoms with van der Waals surface area (Å²) in [7, 11) is 0. The zero-order valence-electron chi connectivity index (χ0n) is 30.9. The second-order valence-electron chi connectivity index (χ2n) is 13.1. The molecule has 7 rings (SSSR count). The number of carbonyl (C=O) groups excluding carboxylic acids is 1. The topological polar surface area (TPSA) is 78.8 Å². The van der Waals surface area contributed by atoms with E-state index in [4.69, 9.17) is 23.7 Å². The molecule has 0 spiro atoms. The van der Waals surface area contributed by atoms with Gasteiger partial charge in [0.1, 0.15) is 0 Å². The van der Waals surface area contributed by atoms with E-state index in [1.165, 1.54) is 6.21 Å². The molecule has 1 aliphatic rings. The van der Waals surface area contributed by atoms with Crippen LogP contribution >= 0.6 is 0 Å². The molecular formula is C47H44N2O6Se. The van der Waals surface area contributed by atoms with Crippen molar-refractivity contribution >= 4 is 43.0 Å². The Morgan fingerprint density at radius 3 is 1.66 bits per heavy atom. The number of ether oxygens (including phenoxy) is 5. The Bertz CT molecular complexity index is 2020. The van der Waals surface area contributed by atoms with Crippen molar-refractivity contribution in [1.82, 2.24) is 0 Å². The molecule has 0 radical (unpaired) electrons. The zero-order chi connectivity index (χ0) is 38.2. The molecule has 0 aliphatic carbocycles. The minimum atomic E-state index is -0.776. The molecule has 1 heterocycles. The normalized spacial score (nSPS) is 18.4. The van der Waals surface area contributed by atoms with Crippen molar-refractivity contribution in [2.75, 3.05) is 11.6 Å². The third kappa shape index (κ3) is 11.1. The molecule has 0 aromatic heterocycles.